The van der Waals surface area contributed by atoms with Crippen molar-refractivity contribution in [1.82, 2.24) is 0 Å². The monoisotopic (exact) mass is 380 g/mol. The van der Waals surface area contributed by atoms with Crippen molar-refractivity contribution in [3.05, 3.63) is 12.2 Å². The molecule has 1 N–H and O–H groups in total. The Labute approximate surface area is 165 Å². The number of allylic oxidation sites excluding steroid dienone is 1. The van der Waals surface area contributed by atoms with Crippen LogP contribution in [-0.4, -0.2) is 23.1 Å². The summed E-state index contributed by atoms with van der Waals surface area (Å²) in [5, 5.41) is 9.52. The number of ether oxygens (including phenoxy) is 1. The molecule has 1 rings (SSSR count). The first-order valence-electron chi connectivity index (χ1n) is 10.9. The van der Waals surface area contributed by atoms with E-state index in [1.165, 1.54) is 25.7 Å². The molecule has 0 aromatic carbocycles. The van der Waals surface area contributed by atoms with Crippen molar-refractivity contribution >= 4 is 11.9 Å². The van der Waals surface area contributed by atoms with Gasteiger partial charge in [0.1, 0.15) is 6.10 Å². The van der Waals surface area contributed by atoms with Gasteiger partial charge in [-0.05, 0) is 44.9 Å². The first kappa shape index (κ1) is 23.7. The molecule has 4 heteroatoms. The van der Waals surface area contributed by atoms with Crippen LogP contribution in [0, 0.1) is 17.3 Å². The Hall–Kier alpha value is -1.32. The summed E-state index contributed by atoms with van der Waals surface area (Å²) in [6.07, 6.45) is 14.6. The number of carboxylic acid groups (broad SMARTS) is 1. The summed E-state index contributed by atoms with van der Waals surface area (Å²) < 4.78 is 5.87. The van der Waals surface area contributed by atoms with Gasteiger partial charge in [-0.25, -0.2) is 0 Å². The van der Waals surface area contributed by atoms with Crippen molar-refractivity contribution in [3.63, 3.8) is 0 Å². The topological polar surface area (TPSA) is 63.6 Å². The van der Waals surface area contributed by atoms with E-state index in [4.69, 9.17) is 4.74 Å². The van der Waals surface area contributed by atoms with Crippen molar-refractivity contribution in [1.29, 1.82) is 0 Å². The molecule has 0 aromatic heterocycles. The Morgan fingerprint density at radius 2 is 1.74 bits per heavy atom. The van der Waals surface area contributed by atoms with Crippen LogP contribution in [0.2, 0.25) is 0 Å². The molecule has 0 saturated carbocycles. The standard InChI is InChI=1S/C23H40O4/c1-5-6-14-19(15-10-8-7-9-13-18(2)3)27-22(26)23(4)17-12-11-16-20(23)21(24)25/h12,17-20H,5-11,13-16H2,1-4H3,(H,24,25). The zero-order valence-electron chi connectivity index (χ0n) is 17.8. The Bertz CT molecular complexity index is 483. The second-order valence-corrected chi connectivity index (χ2v) is 8.71. The molecule has 27 heavy (non-hydrogen) atoms. The fourth-order valence-corrected chi connectivity index (χ4v) is 3.85. The quantitative estimate of drug-likeness (QED) is 0.237. The average molecular weight is 381 g/mol. The maximum atomic E-state index is 12.9. The fourth-order valence-electron chi connectivity index (χ4n) is 3.85. The second kappa shape index (κ2) is 12.2. The molecule has 0 aliphatic heterocycles. The molecule has 0 heterocycles. The summed E-state index contributed by atoms with van der Waals surface area (Å²) in [6.45, 7) is 8.36. The number of carbonyl (C=O) groups excluding carboxylic acids is 1. The van der Waals surface area contributed by atoms with Crippen molar-refractivity contribution < 1.29 is 19.4 Å². The fraction of sp³-hybridized carbons (Fsp3) is 0.826. The highest BCUT2D eigenvalue weighted by molar-refractivity contribution is 5.86. The Morgan fingerprint density at radius 3 is 2.33 bits per heavy atom. The predicted octanol–water partition coefficient (Wildman–Crippen LogP) is 6.14. The third kappa shape index (κ3) is 8.06. The zero-order chi connectivity index (χ0) is 20.3. The van der Waals surface area contributed by atoms with Crippen molar-refractivity contribution in [2.45, 2.75) is 104 Å². The highest BCUT2D eigenvalue weighted by Gasteiger charge is 2.46. The molecule has 0 bridgehead atoms. The van der Waals surface area contributed by atoms with E-state index in [0.717, 1.165) is 38.0 Å². The van der Waals surface area contributed by atoms with E-state index in [-0.39, 0.29) is 12.1 Å². The molecule has 1 aliphatic rings. The largest absolute Gasteiger partial charge is 0.481 e. The van der Waals surface area contributed by atoms with Crippen molar-refractivity contribution in [2.24, 2.45) is 17.3 Å². The molecule has 0 radical (unpaired) electrons. The van der Waals surface area contributed by atoms with Gasteiger partial charge in [0.25, 0.3) is 0 Å². The second-order valence-electron chi connectivity index (χ2n) is 8.71. The Kier molecular flexibility index (Phi) is 10.7. The smallest absolute Gasteiger partial charge is 0.316 e. The number of carbonyl (C=O) groups is 2. The summed E-state index contributed by atoms with van der Waals surface area (Å²) in [7, 11) is 0. The Morgan fingerprint density at radius 1 is 1.11 bits per heavy atom. The van der Waals surface area contributed by atoms with E-state index >= 15 is 0 Å². The zero-order valence-corrected chi connectivity index (χ0v) is 17.8. The summed E-state index contributed by atoms with van der Waals surface area (Å²) >= 11 is 0. The normalized spacial score (nSPS) is 23.4. The first-order chi connectivity index (χ1) is 12.8. The number of unbranched alkanes of at least 4 members (excludes halogenated alkanes) is 4. The molecule has 1 aliphatic carbocycles. The molecule has 3 atom stereocenters. The van der Waals surface area contributed by atoms with Gasteiger partial charge in [-0.3, -0.25) is 9.59 Å². The van der Waals surface area contributed by atoms with Crippen LogP contribution in [0.25, 0.3) is 0 Å². The highest BCUT2D eigenvalue weighted by atomic mass is 16.5. The summed E-state index contributed by atoms with van der Waals surface area (Å²) in [6, 6.07) is 0. The van der Waals surface area contributed by atoms with E-state index in [9.17, 15) is 14.7 Å². The van der Waals surface area contributed by atoms with Crippen LogP contribution in [0.5, 0.6) is 0 Å². The highest BCUT2D eigenvalue weighted by Crippen LogP contribution is 2.38. The number of esters is 1. The van der Waals surface area contributed by atoms with Crippen molar-refractivity contribution in [3.8, 4) is 0 Å². The van der Waals surface area contributed by atoms with Crippen LogP contribution >= 0.6 is 0 Å². The third-order valence-corrected chi connectivity index (χ3v) is 5.76. The maximum absolute atomic E-state index is 12.9. The lowest BCUT2D eigenvalue weighted by Gasteiger charge is -2.34. The molecule has 0 aromatic rings. The van der Waals surface area contributed by atoms with Gasteiger partial charge in [0.2, 0.25) is 0 Å². The van der Waals surface area contributed by atoms with Crippen LogP contribution in [-0.2, 0) is 14.3 Å². The van der Waals surface area contributed by atoms with E-state index in [1.807, 2.05) is 6.08 Å². The number of hydrogen-bond donors (Lipinski definition) is 1. The maximum Gasteiger partial charge on any atom is 0.316 e. The van der Waals surface area contributed by atoms with Gasteiger partial charge in [0.15, 0.2) is 0 Å². The van der Waals surface area contributed by atoms with Crippen LogP contribution < -0.4 is 0 Å². The van der Waals surface area contributed by atoms with Crippen LogP contribution in [0.15, 0.2) is 12.2 Å². The SMILES string of the molecule is CCCCC(CCCCCCC(C)C)OC(=O)C1(C)C=CCCC1C(=O)O. The van der Waals surface area contributed by atoms with Crippen LogP contribution in [0.3, 0.4) is 0 Å². The molecule has 3 unspecified atom stereocenters. The molecule has 0 fully saturated rings. The molecule has 156 valence electrons. The van der Waals surface area contributed by atoms with Gasteiger partial charge in [-0.2, -0.15) is 0 Å². The van der Waals surface area contributed by atoms with Crippen LogP contribution in [0.4, 0.5) is 0 Å². The molecular formula is C23H40O4. The lowest BCUT2D eigenvalue weighted by molar-refractivity contribution is -0.168. The summed E-state index contributed by atoms with van der Waals surface area (Å²) in [4.78, 5) is 24.5. The van der Waals surface area contributed by atoms with Gasteiger partial charge in [0.05, 0.1) is 11.3 Å². The molecule has 4 nitrogen and oxygen atoms in total. The number of carboxylic acids is 1. The van der Waals surface area contributed by atoms with Gasteiger partial charge >= 0.3 is 11.9 Å². The Balaban J connectivity index is 2.58. The predicted molar refractivity (Wildman–Crippen MR) is 110 cm³/mol. The van der Waals surface area contributed by atoms with Gasteiger partial charge < -0.3 is 9.84 Å². The molecule has 0 spiro atoms. The minimum absolute atomic E-state index is 0.0934. The number of rotatable bonds is 13. The minimum atomic E-state index is -1.05. The summed E-state index contributed by atoms with van der Waals surface area (Å²) in [5.41, 5.74) is -1.05. The molecule has 0 saturated heterocycles. The minimum Gasteiger partial charge on any atom is -0.481 e. The first-order valence-corrected chi connectivity index (χ1v) is 10.9. The number of hydrogen-bond acceptors (Lipinski definition) is 3. The lowest BCUT2D eigenvalue weighted by Crippen LogP contribution is -2.42. The number of aliphatic carboxylic acids is 1. The van der Waals surface area contributed by atoms with E-state index in [0.29, 0.717) is 12.8 Å². The van der Waals surface area contributed by atoms with E-state index in [1.54, 1.807) is 13.0 Å². The van der Waals surface area contributed by atoms with Gasteiger partial charge in [-0.1, -0.05) is 71.4 Å². The van der Waals surface area contributed by atoms with Crippen LogP contribution in [0.1, 0.15) is 98.3 Å². The summed E-state index contributed by atoms with van der Waals surface area (Å²) in [5.74, 6) is -1.21. The lowest BCUT2D eigenvalue weighted by atomic mass is 9.71. The third-order valence-electron chi connectivity index (χ3n) is 5.76. The van der Waals surface area contributed by atoms with E-state index < -0.39 is 17.3 Å². The van der Waals surface area contributed by atoms with E-state index in [2.05, 4.69) is 20.8 Å². The molecule has 0 amide bonds. The van der Waals surface area contributed by atoms with Gasteiger partial charge in [0, 0.05) is 0 Å². The average Bonchev–Trinajstić information content (AvgIpc) is 2.61. The molecular weight excluding hydrogens is 340 g/mol. The van der Waals surface area contributed by atoms with Crippen molar-refractivity contribution in [2.75, 3.05) is 0 Å². The van der Waals surface area contributed by atoms with Gasteiger partial charge in [-0.15, -0.1) is 0 Å².